The topological polar surface area (TPSA) is 61.8 Å². The molecule has 1 fully saturated rings. The SMILES string of the molecule is CNCC(O)CC1(c2ccc(F)cc2)CCN(C(C)c2ccc(-c3ccc(F)cc3F)cc2)C(=O)O1. The number of amides is 1. The first-order chi connectivity index (χ1) is 17.2. The van der Waals surface area contributed by atoms with E-state index in [1.807, 2.05) is 6.92 Å². The van der Waals surface area contributed by atoms with Gasteiger partial charge in [0.15, 0.2) is 0 Å². The van der Waals surface area contributed by atoms with Gasteiger partial charge in [0, 0.05) is 37.6 Å². The third-order valence-electron chi connectivity index (χ3n) is 6.75. The van der Waals surface area contributed by atoms with Gasteiger partial charge in [0.25, 0.3) is 0 Å². The molecule has 0 bridgehead atoms. The molecule has 0 saturated carbocycles. The minimum absolute atomic E-state index is 0.172. The monoisotopic (exact) mass is 498 g/mol. The third-order valence-corrected chi connectivity index (χ3v) is 6.75. The molecule has 0 aliphatic carbocycles. The van der Waals surface area contributed by atoms with Crippen molar-refractivity contribution in [1.29, 1.82) is 0 Å². The summed E-state index contributed by atoms with van der Waals surface area (Å²) in [5.41, 5.74) is 1.25. The van der Waals surface area contributed by atoms with Crippen molar-refractivity contribution in [1.82, 2.24) is 10.2 Å². The molecular formula is C28H29F3N2O3. The van der Waals surface area contributed by atoms with Crippen LogP contribution >= 0.6 is 0 Å². The van der Waals surface area contributed by atoms with Gasteiger partial charge in [0.05, 0.1) is 12.1 Å². The van der Waals surface area contributed by atoms with Crippen molar-refractivity contribution < 1.29 is 27.8 Å². The summed E-state index contributed by atoms with van der Waals surface area (Å²) in [5.74, 6) is -1.68. The Bertz CT molecular complexity index is 1200. The van der Waals surface area contributed by atoms with E-state index in [0.29, 0.717) is 30.6 Å². The fourth-order valence-electron chi connectivity index (χ4n) is 4.77. The predicted molar refractivity (Wildman–Crippen MR) is 131 cm³/mol. The number of benzene rings is 3. The average Bonchev–Trinajstić information content (AvgIpc) is 2.84. The lowest BCUT2D eigenvalue weighted by molar-refractivity contribution is -0.0832. The first kappa shape index (κ1) is 25.7. The first-order valence-electron chi connectivity index (χ1n) is 11.9. The fourth-order valence-corrected chi connectivity index (χ4v) is 4.77. The summed E-state index contributed by atoms with van der Waals surface area (Å²) in [4.78, 5) is 14.8. The van der Waals surface area contributed by atoms with Crippen LogP contribution < -0.4 is 5.32 Å². The van der Waals surface area contributed by atoms with E-state index in [4.69, 9.17) is 4.74 Å². The molecule has 0 radical (unpaired) electrons. The highest BCUT2D eigenvalue weighted by molar-refractivity contribution is 5.70. The third kappa shape index (κ3) is 5.39. The van der Waals surface area contributed by atoms with Crippen molar-refractivity contribution in [3.8, 4) is 11.1 Å². The molecule has 0 aromatic heterocycles. The highest BCUT2D eigenvalue weighted by atomic mass is 19.1. The molecule has 190 valence electrons. The van der Waals surface area contributed by atoms with Gasteiger partial charge in [-0.3, -0.25) is 0 Å². The Morgan fingerprint density at radius 2 is 1.69 bits per heavy atom. The van der Waals surface area contributed by atoms with E-state index >= 15 is 0 Å². The minimum atomic E-state index is -1.08. The van der Waals surface area contributed by atoms with Gasteiger partial charge in [-0.2, -0.15) is 0 Å². The van der Waals surface area contributed by atoms with Crippen LogP contribution in [-0.2, 0) is 10.3 Å². The zero-order chi connectivity index (χ0) is 25.9. The molecule has 3 aromatic rings. The number of cyclic esters (lactones) is 1. The van der Waals surface area contributed by atoms with Crippen LogP contribution in [0, 0.1) is 17.5 Å². The number of nitrogens with zero attached hydrogens (tertiary/aromatic N) is 1. The standard InChI is InChI=1S/C28H29F3N2O3/c1-18(19-3-5-20(6-4-19)25-12-11-23(30)15-26(25)31)33-14-13-28(36-27(33)35,16-24(34)17-32-2)21-7-9-22(29)10-8-21/h3-12,15,18,24,32,34H,13-14,16-17H2,1-2H3. The van der Waals surface area contributed by atoms with Crippen LogP contribution in [0.3, 0.4) is 0 Å². The molecule has 36 heavy (non-hydrogen) atoms. The lowest BCUT2D eigenvalue weighted by atomic mass is 9.83. The van der Waals surface area contributed by atoms with Gasteiger partial charge in [-0.05, 0) is 54.9 Å². The van der Waals surface area contributed by atoms with E-state index in [2.05, 4.69) is 5.32 Å². The summed E-state index contributed by atoms with van der Waals surface area (Å²) < 4.78 is 46.9. The first-order valence-corrected chi connectivity index (χ1v) is 11.9. The normalized spacial score (nSPS) is 19.6. The molecular weight excluding hydrogens is 469 g/mol. The molecule has 2 N–H and O–H groups in total. The van der Waals surface area contributed by atoms with Crippen molar-refractivity contribution in [2.75, 3.05) is 20.1 Å². The van der Waals surface area contributed by atoms with Crippen molar-refractivity contribution in [2.45, 2.75) is 37.5 Å². The van der Waals surface area contributed by atoms with E-state index in [9.17, 15) is 23.1 Å². The second-order valence-corrected chi connectivity index (χ2v) is 9.15. The highest BCUT2D eigenvalue weighted by Gasteiger charge is 2.44. The molecule has 1 aliphatic rings. The summed E-state index contributed by atoms with van der Waals surface area (Å²) in [6.45, 7) is 2.55. The molecule has 3 aromatic carbocycles. The van der Waals surface area contributed by atoms with E-state index in [-0.39, 0.29) is 18.0 Å². The minimum Gasteiger partial charge on any atom is -0.438 e. The summed E-state index contributed by atoms with van der Waals surface area (Å²) in [6.07, 6.45) is -0.723. The molecule has 5 nitrogen and oxygen atoms in total. The van der Waals surface area contributed by atoms with E-state index in [0.717, 1.165) is 11.6 Å². The van der Waals surface area contributed by atoms with Gasteiger partial charge in [0.1, 0.15) is 23.1 Å². The number of halogens is 3. The molecule has 1 aliphatic heterocycles. The molecule has 4 rings (SSSR count). The Hall–Kier alpha value is -3.36. The Morgan fingerprint density at radius 1 is 1.03 bits per heavy atom. The number of aliphatic hydroxyl groups is 1. The van der Waals surface area contributed by atoms with E-state index in [1.54, 1.807) is 48.3 Å². The maximum absolute atomic E-state index is 14.2. The lowest BCUT2D eigenvalue weighted by Gasteiger charge is -2.44. The number of carbonyl (C=O) groups excluding carboxylic acids is 1. The number of carbonyl (C=O) groups is 1. The zero-order valence-corrected chi connectivity index (χ0v) is 20.2. The number of hydrogen-bond acceptors (Lipinski definition) is 4. The number of hydrogen-bond donors (Lipinski definition) is 2. The van der Waals surface area contributed by atoms with Crippen LogP contribution in [0.5, 0.6) is 0 Å². The maximum Gasteiger partial charge on any atom is 0.411 e. The van der Waals surface area contributed by atoms with Crippen molar-refractivity contribution in [3.63, 3.8) is 0 Å². The summed E-state index contributed by atoms with van der Waals surface area (Å²) in [6, 6.07) is 16.0. The highest BCUT2D eigenvalue weighted by Crippen LogP contribution is 2.40. The van der Waals surface area contributed by atoms with Gasteiger partial charge in [-0.1, -0.05) is 36.4 Å². The molecule has 0 spiro atoms. The number of ether oxygens (including phenoxy) is 1. The van der Waals surface area contributed by atoms with Crippen LogP contribution in [0.4, 0.5) is 18.0 Å². The van der Waals surface area contributed by atoms with Gasteiger partial charge in [-0.15, -0.1) is 0 Å². The molecule has 8 heteroatoms. The lowest BCUT2D eigenvalue weighted by Crippen LogP contribution is -2.50. The number of aliphatic hydroxyl groups excluding tert-OH is 1. The van der Waals surface area contributed by atoms with Crippen LogP contribution in [0.1, 0.15) is 36.9 Å². The quantitative estimate of drug-likeness (QED) is 0.428. The Kier molecular flexibility index (Phi) is 7.66. The molecule has 1 amide bonds. The van der Waals surface area contributed by atoms with Crippen LogP contribution in [0.15, 0.2) is 66.7 Å². The second-order valence-electron chi connectivity index (χ2n) is 9.15. The second kappa shape index (κ2) is 10.7. The molecule has 3 unspecified atom stereocenters. The fraction of sp³-hybridized carbons (Fsp3) is 0.321. The summed E-state index contributed by atoms with van der Waals surface area (Å²) >= 11 is 0. The number of likely N-dealkylation sites (N-methyl/N-ethyl adjacent to an activating group) is 1. The average molecular weight is 499 g/mol. The van der Waals surface area contributed by atoms with E-state index in [1.165, 1.54) is 24.3 Å². The number of rotatable bonds is 8. The largest absolute Gasteiger partial charge is 0.438 e. The van der Waals surface area contributed by atoms with Gasteiger partial charge in [0.2, 0.25) is 0 Å². The van der Waals surface area contributed by atoms with Gasteiger partial charge in [-0.25, -0.2) is 18.0 Å². The Morgan fingerprint density at radius 3 is 2.31 bits per heavy atom. The predicted octanol–water partition coefficient (Wildman–Crippen LogP) is 5.54. The van der Waals surface area contributed by atoms with Gasteiger partial charge >= 0.3 is 6.09 Å². The molecule has 3 atom stereocenters. The van der Waals surface area contributed by atoms with Crippen molar-refractivity contribution in [2.24, 2.45) is 0 Å². The summed E-state index contributed by atoms with van der Waals surface area (Å²) in [5, 5.41) is 13.4. The molecule has 1 heterocycles. The van der Waals surface area contributed by atoms with Crippen LogP contribution in [0.2, 0.25) is 0 Å². The maximum atomic E-state index is 14.2. The smallest absolute Gasteiger partial charge is 0.411 e. The summed E-state index contributed by atoms with van der Waals surface area (Å²) in [7, 11) is 1.72. The zero-order valence-electron chi connectivity index (χ0n) is 20.2. The Balaban J connectivity index is 1.53. The van der Waals surface area contributed by atoms with Crippen LogP contribution in [0.25, 0.3) is 11.1 Å². The van der Waals surface area contributed by atoms with Crippen molar-refractivity contribution >= 4 is 6.09 Å². The van der Waals surface area contributed by atoms with Gasteiger partial charge < -0.3 is 20.1 Å². The van der Waals surface area contributed by atoms with Crippen LogP contribution in [-0.4, -0.2) is 42.3 Å². The van der Waals surface area contributed by atoms with Crippen molar-refractivity contribution in [3.05, 3.63) is 95.3 Å². The Labute approximate surface area is 208 Å². The molecule has 1 saturated heterocycles. The van der Waals surface area contributed by atoms with E-state index < -0.39 is 35.2 Å². The number of nitrogens with one attached hydrogen (secondary N) is 1.